The molecule has 0 N–H and O–H groups in total. The largest absolute Gasteiger partial charge is 0.415 e. The highest BCUT2D eigenvalue weighted by Crippen LogP contribution is 2.48. The van der Waals surface area contributed by atoms with E-state index in [1.807, 2.05) is 23.1 Å². The van der Waals surface area contributed by atoms with Crippen molar-refractivity contribution in [3.8, 4) is 5.75 Å². The van der Waals surface area contributed by atoms with Gasteiger partial charge in [0.15, 0.2) is 5.75 Å². The Kier molecular flexibility index (Phi) is 4.56. The zero-order valence-corrected chi connectivity index (χ0v) is 14.5. The maximum absolute atomic E-state index is 12.7. The van der Waals surface area contributed by atoms with Gasteiger partial charge in [-0.15, -0.1) is 0 Å². The minimum atomic E-state index is -0.390. The molecule has 2 fully saturated rings. The smallest absolute Gasteiger partial charge is 0.409 e. The summed E-state index contributed by atoms with van der Waals surface area (Å²) in [5.41, 5.74) is 1.24. The van der Waals surface area contributed by atoms with Crippen molar-refractivity contribution in [2.75, 3.05) is 26.2 Å². The molecule has 1 saturated heterocycles. The maximum atomic E-state index is 12.7. The van der Waals surface area contributed by atoms with E-state index >= 15 is 0 Å². The molecule has 1 unspecified atom stereocenters. The van der Waals surface area contributed by atoms with Crippen LogP contribution in [0.15, 0.2) is 54.9 Å². The molecule has 4 rings (SSSR count). The fourth-order valence-electron chi connectivity index (χ4n) is 3.45. The molecular formula is C20H21N3O3. The lowest BCUT2D eigenvalue weighted by Gasteiger charge is -2.34. The first kappa shape index (κ1) is 16.6. The van der Waals surface area contributed by atoms with E-state index in [9.17, 15) is 9.59 Å². The van der Waals surface area contributed by atoms with Gasteiger partial charge in [0.2, 0.25) is 5.91 Å². The van der Waals surface area contributed by atoms with Gasteiger partial charge < -0.3 is 14.5 Å². The molecule has 2 aromatic rings. The van der Waals surface area contributed by atoms with Crippen LogP contribution in [0.25, 0.3) is 0 Å². The number of carbonyl (C=O) groups is 2. The highest BCUT2D eigenvalue weighted by Gasteiger charge is 2.46. The van der Waals surface area contributed by atoms with Crippen LogP contribution in [-0.4, -0.2) is 53.0 Å². The Bertz CT molecular complexity index is 773. The molecular weight excluding hydrogens is 330 g/mol. The van der Waals surface area contributed by atoms with Crippen molar-refractivity contribution < 1.29 is 14.3 Å². The van der Waals surface area contributed by atoms with Crippen LogP contribution in [-0.2, 0) is 4.79 Å². The van der Waals surface area contributed by atoms with Crippen LogP contribution in [0, 0.1) is 5.92 Å². The van der Waals surface area contributed by atoms with Gasteiger partial charge in [0.1, 0.15) is 0 Å². The van der Waals surface area contributed by atoms with Crippen molar-refractivity contribution >= 4 is 12.0 Å². The highest BCUT2D eigenvalue weighted by molar-refractivity contribution is 5.83. The summed E-state index contributed by atoms with van der Waals surface area (Å²) in [4.78, 5) is 32.3. The molecule has 1 aromatic carbocycles. The van der Waals surface area contributed by atoms with Crippen molar-refractivity contribution in [2.24, 2.45) is 5.92 Å². The third kappa shape index (κ3) is 3.54. The van der Waals surface area contributed by atoms with Crippen molar-refractivity contribution in [3.63, 3.8) is 0 Å². The molecule has 134 valence electrons. The first-order valence-electron chi connectivity index (χ1n) is 8.93. The average Bonchev–Trinajstić information content (AvgIpc) is 3.50. The second-order valence-corrected chi connectivity index (χ2v) is 6.73. The van der Waals surface area contributed by atoms with Gasteiger partial charge in [0.05, 0.1) is 6.20 Å². The minimum absolute atomic E-state index is 0.0892. The van der Waals surface area contributed by atoms with Gasteiger partial charge in [-0.05, 0) is 30.0 Å². The first-order chi connectivity index (χ1) is 12.7. The lowest BCUT2D eigenvalue weighted by Crippen LogP contribution is -2.51. The number of nitrogens with zero attached hydrogens (tertiary/aromatic N) is 3. The minimum Gasteiger partial charge on any atom is -0.409 e. The van der Waals surface area contributed by atoms with Crippen molar-refractivity contribution in [3.05, 3.63) is 60.4 Å². The molecule has 0 spiro atoms. The Labute approximate surface area is 152 Å². The van der Waals surface area contributed by atoms with Gasteiger partial charge in [-0.2, -0.15) is 0 Å². The number of amides is 2. The Balaban J connectivity index is 1.27. The summed E-state index contributed by atoms with van der Waals surface area (Å²) in [5, 5.41) is 0. The molecule has 1 aliphatic heterocycles. The average molecular weight is 351 g/mol. The Hall–Kier alpha value is -2.89. The third-order valence-electron chi connectivity index (χ3n) is 5.02. The quantitative estimate of drug-likeness (QED) is 0.852. The number of piperazine rings is 1. The Morgan fingerprint density at radius 1 is 0.962 bits per heavy atom. The van der Waals surface area contributed by atoms with Crippen molar-refractivity contribution in [1.29, 1.82) is 0 Å². The predicted octanol–water partition coefficient (Wildman–Crippen LogP) is 2.53. The van der Waals surface area contributed by atoms with E-state index in [1.54, 1.807) is 23.2 Å². The van der Waals surface area contributed by atoms with Gasteiger partial charge in [0, 0.05) is 38.3 Å². The Morgan fingerprint density at radius 2 is 1.69 bits per heavy atom. The molecule has 2 atom stereocenters. The predicted molar refractivity (Wildman–Crippen MR) is 95.7 cm³/mol. The van der Waals surface area contributed by atoms with E-state index < -0.39 is 6.09 Å². The van der Waals surface area contributed by atoms with Gasteiger partial charge >= 0.3 is 6.09 Å². The van der Waals surface area contributed by atoms with Crippen LogP contribution >= 0.6 is 0 Å². The fraction of sp³-hybridized carbons (Fsp3) is 0.350. The van der Waals surface area contributed by atoms with E-state index in [2.05, 4.69) is 17.1 Å². The van der Waals surface area contributed by atoms with Crippen LogP contribution < -0.4 is 4.74 Å². The molecule has 26 heavy (non-hydrogen) atoms. The third-order valence-corrected chi connectivity index (χ3v) is 5.02. The first-order valence-corrected chi connectivity index (χ1v) is 8.93. The van der Waals surface area contributed by atoms with Crippen LogP contribution in [0.3, 0.4) is 0 Å². The summed E-state index contributed by atoms with van der Waals surface area (Å²) >= 11 is 0. The van der Waals surface area contributed by atoms with Crippen molar-refractivity contribution in [1.82, 2.24) is 14.8 Å². The number of hydrogen-bond acceptors (Lipinski definition) is 4. The van der Waals surface area contributed by atoms with E-state index in [4.69, 9.17) is 4.74 Å². The summed E-state index contributed by atoms with van der Waals surface area (Å²) < 4.78 is 5.31. The highest BCUT2D eigenvalue weighted by atomic mass is 16.6. The number of aromatic nitrogens is 1. The zero-order valence-electron chi connectivity index (χ0n) is 14.5. The van der Waals surface area contributed by atoms with Gasteiger partial charge in [-0.25, -0.2) is 4.79 Å². The van der Waals surface area contributed by atoms with Gasteiger partial charge in [-0.1, -0.05) is 30.3 Å². The molecule has 1 aromatic heterocycles. The van der Waals surface area contributed by atoms with Gasteiger partial charge in [-0.3, -0.25) is 9.78 Å². The molecule has 6 nitrogen and oxygen atoms in total. The molecule has 2 amide bonds. The maximum Gasteiger partial charge on any atom is 0.415 e. The van der Waals surface area contributed by atoms with E-state index in [0.717, 1.165) is 6.42 Å². The molecule has 1 aliphatic carbocycles. The summed E-state index contributed by atoms with van der Waals surface area (Å²) in [7, 11) is 0. The Morgan fingerprint density at radius 3 is 2.38 bits per heavy atom. The van der Waals surface area contributed by atoms with E-state index in [0.29, 0.717) is 37.8 Å². The monoisotopic (exact) mass is 351 g/mol. The summed E-state index contributed by atoms with van der Waals surface area (Å²) in [6.45, 7) is 2.10. The standard InChI is InChI=1S/C20H21N3O3/c24-19(18-13-17(18)15-5-2-1-3-6-15)22-9-11-23(12-10-22)20(25)26-16-7-4-8-21-14-16/h1-8,14,17-18H,9-13H2/t17-,18?/m1/s1. The molecule has 2 heterocycles. The summed E-state index contributed by atoms with van der Waals surface area (Å²) in [6.07, 6.45) is 3.67. The fourth-order valence-corrected chi connectivity index (χ4v) is 3.45. The molecule has 2 aliphatic rings. The summed E-state index contributed by atoms with van der Waals surface area (Å²) in [6, 6.07) is 13.6. The second kappa shape index (κ2) is 7.15. The zero-order chi connectivity index (χ0) is 17.9. The lowest BCUT2D eigenvalue weighted by atomic mass is 10.1. The van der Waals surface area contributed by atoms with Gasteiger partial charge in [0.25, 0.3) is 0 Å². The summed E-state index contributed by atoms with van der Waals surface area (Å²) in [5.74, 6) is 1.07. The van der Waals surface area contributed by atoms with Crippen LogP contribution in [0.5, 0.6) is 5.75 Å². The second-order valence-electron chi connectivity index (χ2n) is 6.73. The number of hydrogen-bond donors (Lipinski definition) is 0. The number of benzene rings is 1. The normalized spacial score (nSPS) is 22.0. The number of rotatable bonds is 3. The van der Waals surface area contributed by atoms with E-state index in [1.165, 1.54) is 11.8 Å². The molecule has 0 bridgehead atoms. The van der Waals surface area contributed by atoms with Crippen molar-refractivity contribution in [2.45, 2.75) is 12.3 Å². The topological polar surface area (TPSA) is 62.7 Å². The number of pyridine rings is 1. The van der Waals surface area contributed by atoms with Crippen LogP contribution in [0.1, 0.15) is 17.9 Å². The lowest BCUT2D eigenvalue weighted by molar-refractivity contribution is -0.134. The van der Waals surface area contributed by atoms with Crippen LogP contribution in [0.4, 0.5) is 4.79 Å². The SMILES string of the molecule is O=C(Oc1cccnc1)N1CCN(C(=O)C2C[C@@H]2c2ccccc2)CC1. The number of ether oxygens (including phenoxy) is 1. The molecule has 1 saturated carbocycles. The van der Waals surface area contributed by atoms with E-state index in [-0.39, 0.29) is 11.8 Å². The molecule has 0 radical (unpaired) electrons. The number of carbonyl (C=O) groups excluding carboxylic acids is 2. The molecule has 6 heteroatoms. The van der Waals surface area contributed by atoms with Crippen LogP contribution in [0.2, 0.25) is 0 Å².